The molecule has 1 aromatic carbocycles. The first-order valence-corrected chi connectivity index (χ1v) is 5.58. The highest BCUT2D eigenvalue weighted by atomic mass is 19.1. The lowest BCUT2D eigenvalue weighted by molar-refractivity contribution is 0.102. The molecule has 0 aliphatic heterocycles. The maximum atomic E-state index is 13.6. The average molecular weight is 249 g/mol. The fourth-order valence-corrected chi connectivity index (χ4v) is 1.91. The summed E-state index contributed by atoms with van der Waals surface area (Å²) in [7, 11) is 0. The molecule has 0 radical (unpaired) electrons. The van der Waals surface area contributed by atoms with E-state index in [1.165, 1.54) is 6.07 Å². The molecule has 0 spiro atoms. The van der Waals surface area contributed by atoms with E-state index in [0.717, 1.165) is 29.0 Å². The van der Waals surface area contributed by atoms with Crippen LogP contribution in [0.5, 0.6) is 0 Å². The number of hydrogen-bond acceptors (Lipinski definition) is 1. The Morgan fingerprint density at radius 1 is 1.06 bits per heavy atom. The number of halogens is 2. The van der Waals surface area contributed by atoms with Crippen molar-refractivity contribution in [2.75, 3.05) is 0 Å². The van der Waals surface area contributed by atoms with Gasteiger partial charge in [-0.2, -0.15) is 0 Å². The number of aromatic nitrogens is 1. The lowest BCUT2D eigenvalue weighted by Gasteiger charge is -2.03. The molecule has 0 saturated heterocycles. The monoisotopic (exact) mass is 249 g/mol. The molecule has 2 nitrogen and oxygen atoms in total. The van der Waals surface area contributed by atoms with Gasteiger partial charge in [0.2, 0.25) is 5.78 Å². The van der Waals surface area contributed by atoms with Gasteiger partial charge in [-0.1, -0.05) is 6.07 Å². The summed E-state index contributed by atoms with van der Waals surface area (Å²) in [5, 5.41) is 0. The molecule has 2 aromatic rings. The van der Waals surface area contributed by atoms with Crippen LogP contribution in [0.2, 0.25) is 0 Å². The predicted molar refractivity (Wildman–Crippen MR) is 64.8 cm³/mol. The number of ketones is 1. The Kier molecular flexibility index (Phi) is 3.03. The smallest absolute Gasteiger partial charge is 0.215 e. The number of benzene rings is 1. The molecule has 1 aromatic heterocycles. The van der Waals surface area contributed by atoms with Crippen molar-refractivity contribution >= 4 is 5.78 Å². The van der Waals surface area contributed by atoms with Crippen molar-refractivity contribution in [3.63, 3.8) is 0 Å². The van der Waals surface area contributed by atoms with Gasteiger partial charge >= 0.3 is 0 Å². The first-order valence-electron chi connectivity index (χ1n) is 5.58. The third-order valence-electron chi connectivity index (χ3n) is 3.23. The van der Waals surface area contributed by atoms with Gasteiger partial charge in [0.15, 0.2) is 0 Å². The minimum atomic E-state index is -0.843. The van der Waals surface area contributed by atoms with Crippen molar-refractivity contribution in [1.29, 1.82) is 0 Å². The van der Waals surface area contributed by atoms with Crippen LogP contribution in [0.15, 0.2) is 18.2 Å². The van der Waals surface area contributed by atoms with Crippen molar-refractivity contribution < 1.29 is 13.6 Å². The molecular weight excluding hydrogens is 236 g/mol. The largest absolute Gasteiger partial charge is 0.356 e. The average Bonchev–Trinajstić information content (AvgIpc) is 2.56. The molecule has 0 amide bonds. The van der Waals surface area contributed by atoms with Crippen molar-refractivity contribution in [2.24, 2.45) is 0 Å². The molecule has 1 N–H and O–H groups in total. The zero-order chi connectivity index (χ0) is 13.4. The summed E-state index contributed by atoms with van der Waals surface area (Å²) in [4.78, 5) is 15.0. The van der Waals surface area contributed by atoms with Gasteiger partial charge < -0.3 is 4.98 Å². The van der Waals surface area contributed by atoms with E-state index in [1.807, 2.05) is 13.8 Å². The second-order valence-electron chi connectivity index (χ2n) is 4.30. The summed E-state index contributed by atoms with van der Waals surface area (Å²) < 4.78 is 27.1. The number of aromatic amines is 1. The number of carbonyl (C=O) groups excluding carboxylic acids is 1. The first-order chi connectivity index (χ1) is 8.43. The Morgan fingerprint density at radius 2 is 1.61 bits per heavy atom. The summed E-state index contributed by atoms with van der Waals surface area (Å²) in [5.41, 5.74) is 2.21. The molecule has 0 aliphatic carbocycles. The number of carbonyl (C=O) groups is 1. The number of hydrogen-bond donors (Lipinski definition) is 1. The molecule has 18 heavy (non-hydrogen) atoms. The van der Waals surface area contributed by atoms with Gasteiger partial charge in [-0.3, -0.25) is 4.79 Å². The summed E-state index contributed by atoms with van der Waals surface area (Å²) in [5.74, 6) is -2.34. The lowest BCUT2D eigenvalue weighted by Crippen LogP contribution is -2.09. The Bertz CT molecular complexity index is 609. The minimum Gasteiger partial charge on any atom is -0.356 e. The normalized spacial score (nSPS) is 10.7. The van der Waals surface area contributed by atoms with Crippen LogP contribution in [-0.4, -0.2) is 10.8 Å². The zero-order valence-corrected chi connectivity index (χ0v) is 10.4. The second kappa shape index (κ2) is 4.37. The Hall–Kier alpha value is -1.97. The zero-order valence-electron chi connectivity index (χ0n) is 10.4. The third-order valence-corrected chi connectivity index (χ3v) is 3.23. The Balaban J connectivity index is 2.59. The Morgan fingerprint density at radius 3 is 2.06 bits per heavy atom. The van der Waals surface area contributed by atoms with Crippen LogP contribution >= 0.6 is 0 Å². The highest BCUT2D eigenvalue weighted by molar-refractivity contribution is 6.09. The van der Waals surface area contributed by atoms with Gasteiger partial charge in [-0.05, 0) is 44.0 Å². The van der Waals surface area contributed by atoms with Crippen molar-refractivity contribution in [3.05, 3.63) is 57.9 Å². The topological polar surface area (TPSA) is 32.9 Å². The first kappa shape index (κ1) is 12.5. The number of rotatable bonds is 2. The highest BCUT2D eigenvalue weighted by Gasteiger charge is 2.22. The van der Waals surface area contributed by atoms with E-state index < -0.39 is 23.0 Å². The van der Waals surface area contributed by atoms with E-state index in [4.69, 9.17) is 0 Å². The molecule has 2 rings (SSSR count). The molecule has 0 saturated carbocycles. The maximum Gasteiger partial charge on any atom is 0.215 e. The highest BCUT2D eigenvalue weighted by Crippen LogP contribution is 2.22. The SMILES string of the molecule is Cc1[nH]c(C(=O)c2c(F)cccc2F)c(C)c1C. The van der Waals surface area contributed by atoms with E-state index in [0.29, 0.717) is 0 Å². The van der Waals surface area contributed by atoms with Crippen LogP contribution < -0.4 is 0 Å². The number of H-pyrrole nitrogens is 1. The molecule has 4 heteroatoms. The predicted octanol–water partition coefficient (Wildman–Crippen LogP) is 3.45. The van der Waals surface area contributed by atoms with E-state index in [-0.39, 0.29) is 5.69 Å². The van der Waals surface area contributed by atoms with E-state index in [2.05, 4.69) is 4.98 Å². The second-order valence-corrected chi connectivity index (χ2v) is 4.30. The van der Waals surface area contributed by atoms with Crippen LogP contribution in [0.25, 0.3) is 0 Å². The van der Waals surface area contributed by atoms with E-state index in [1.54, 1.807) is 6.92 Å². The maximum absolute atomic E-state index is 13.6. The van der Waals surface area contributed by atoms with Gasteiger partial charge in [0.1, 0.15) is 11.6 Å². The van der Waals surface area contributed by atoms with Crippen LogP contribution in [0.3, 0.4) is 0 Å². The third kappa shape index (κ3) is 1.83. The molecule has 94 valence electrons. The van der Waals surface area contributed by atoms with Gasteiger partial charge in [-0.15, -0.1) is 0 Å². The number of nitrogens with one attached hydrogen (secondary N) is 1. The standard InChI is InChI=1S/C14H13F2NO/c1-7-8(2)13(17-9(7)3)14(18)12-10(15)5-4-6-11(12)16/h4-6,17H,1-3H3. The summed E-state index contributed by atoms with van der Waals surface area (Å²) in [6.07, 6.45) is 0. The Labute approximate surface area is 104 Å². The van der Waals surface area contributed by atoms with E-state index >= 15 is 0 Å². The van der Waals surface area contributed by atoms with Crippen LogP contribution in [0.1, 0.15) is 32.9 Å². The summed E-state index contributed by atoms with van der Waals surface area (Å²) in [6.45, 7) is 5.43. The van der Waals surface area contributed by atoms with Crippen molar-refractivity contribution in [2.45, 2.75) is 20.8 Å². The van der Waals surface area contributed by atoms with Gasteiger partial charge in [-0.25, -0.2) is 8.78 Å². The van der Waals surface area contributed by atoms with Gasteiger partial charge in [0.05, 0.1) is 11.3 Å². The number of aryl methyl sites for hydroxylation is 1. The summed E-state index contributed by atoms with van der Waals surface area (Å²) in [6, 6.07) is 3.39. The van der Waals surface area contributed by atoms with Gasteiger partial charge in [0, 0.05) is 5.69 Å². The molecular formula is C14H13F2NO. The molecule has 0 fully saturated rings. The fraction of sp³-hybridized carbons (Fsp3) is 0.214. The van der Waals surface area contributed by atoms with Crippen LogP contribution in [-0.2, 0) is 0 Å². The van der Waals surface area contributed by atoms with Crippen LogP contribution in [0, 0.1) is 32.4 Å². The van der Waals surface area contributed by atoms with Crippen LogP contribution in [0.4, 0.5) is 8.78 Å². The molecule has 1 heterocycles. The summed E-state index contributed by atoms with van der Waals surface area (Å²) >= 11 is 0. The minimum absolute atomic E-state index is 0.244. The lowest BCUT2D eigenvalue weighted by atomic mass is 10.0. The molecule has 0 unspecified atom stereocenters. The van der Waals surface area contributed by atoms with E-state index in [9.17, 15) is 13.6 Å². The van der Waals surface area contributed by atoms with Crippen molar-refractivity contribution in [1.82, 2.24) is 4.98 Å². The molecule has 0 bridgehead atoms. The molecule has 0 atom stereocenters. The fourth-order valence-electron chi connectivity index (χ4n) is 1.91. The quantitative estimate of drug-likeness (QED) is 0.812. The molecule has 0 aliphatic rings. The van der Waals surface area contributed by atoms with Crippen molar-refractivity contribution in [3.8, 4) is 0 Å². The van der Waals surface area contributed by atoms with Gasteiger partial charge in [0.25, 0.3) is 0 Å².